The minimum absolute atomic E-state index is 0.0781. The van der Waals surface area contributed by atoms with Crippen molar-refractivity contribution < 1.29 is 19.0 Å². The zero-order chi connectivity index (χ0) is 15.0. The van der Waals surface area contributed by atoms with Gasteiger partial charge in [-0.15, -0.1) is 0 Å². The first-order valence-electron chi connectivity index (χ1n) is 5.75. The second-order valence-corrected chi connectivity index (χ2v) is 3.65. The van der Waals surface area contributed by atoms with Gasteiger partial charge in [-0.25, -0.2) is 4.79 Å². The average Bonchev–Trinajstić information content (AvgIpc) is 2.50. The number of esters is 1. The first kappa shape index (κ1) is 15.3. The third-order valence-corrected chi connectivity index (χ3v) is 2.50. The highest BCUT2D eigenvalue weighted by Crippen LogP contribution is 2.25. The number of methoxy groups -OCH3 is 3. The minimum atomic E-state index is -0.672. The first-order valence-corrected chi connectivity index (χ1v) is 5.75. The first-order chi connectivity index (χ1) is 9.65. The maximum atomic E-state index is 11.2. The van der Waals surface area contributed by atoms with Gasteiger partial charge in [-0.3, -0.25) is 0 Å². The van der Waals surface area contributed by atoms with Crippen LogP contribution in [0.25, 0.3) is 6.08 Å². The van der Waals surface area contributed by atoms with Crippen molar-refractivity contribution in [2.45, 2.75) is 0 Å². The molecule has 0 bridgehead atoms. The zero-order valence-electron chi connectivity index (χ0n) is 11.5. The molecule has 0 atom stereocenters. The molecule has 1 rings (SSSR count). The van der Waals surface area contributed by atoms with E-state index in [4.69, 9.17) is 14.7 Å². The molecule has 0 unspecified atom stereocenters. The molecule has 1 aromatic carbocycles. The molecule has 0 saturated carbocycles. The Morgan fingerprint density at radius 1 is 1.25 bits per heavy atom. The topological polar surface area (TPSA) is 68.6 Å². The van der Waals surface area contributed by atoms with Crippen molar-refractivity contribution in [3.05, 3.63) is 41.5 Å². The van der Waals surface area contributed by atoms with E-state index in [0.29, 0.717) is 11.5 Å². The summed E-state index contributed by atoms with van der Waals surface area (Å²) in [4.78, 5) is 11.2. The Hall–Kier alpha value is -2.74. The number of nitriles is 1. The van der Waals surface area contributed by atoms with E-state index in [2.05, 4.69) is 4.74 Å². The van der Waals surface area contributed by atoms with Gasteiger partial charge in [0.2, 0.25) is 0 Å². The molecule has 0 amide bonds. The quantitative estimate of drug-likeness (QED) is 0.356. The number of benzene rings is 1. The van der Waals surface area contributed by atoms with Crippen LogP contribution in [0.3, 0.4) is 0 Å². The van der Waals surface area contributed by atoms with Crippen LogP contribution in [-0.2, 0) is 9.53 Å². The lowest BCUT2D eigenvalue weighted by molar-refractivity contribution is -0.135. The number of nitrogens with zero attached hydrogens (tertiary/aromatic N) is 1. The molecule has 0 saturated heterocycles. The van der Waals surface area contributed by atoms with Crippen LogP contribution in [0.1, 0.15) is 5.56 Å². The summed E-state index contributed by atoms with van der Waals surface area (Å²) >= 11 is 0. The van der Waals surface area contributed by atoms with Crippen LogP contribution < -0.4 is 9.47 Å². The maximum absolute atomic E-state index is 11.2. The van der Waals surface area contributed by atoms with Gasteiger partial charge in [0.25, 0.3) is 0 Å². The Morgan fingerprint density at radius 3 is 2.55 bits per heavy atom. The second kappa shape index (κ2) is 7.64. The highest BCUT2D eigenvalue weighted by Gasteiger charge is 2.06. The Bertz CT molecular complexity index is 582. The van der Waals surface area contributed by atoms with Gasteiger partial charge in [0.15, 0.2) is 0 Å². The van der Waals surface area contributed by atoms with Crippen LogP contribution in [0.2, 0.25) is 0 Å². The molecular formula is C15H15NO4. The molecule has 0 heterocycles. The lowest BCUT2D eigenvalue weighted by Gasteiger charge is -2.06. The van der Waals surface area contributed by atoms with E-state index >= 15 is 0 Å². The normalized spacial score (nSPS) is 11.0. The molecule has 104 valence electrons. The fraction of sp³-hybridized carbons (Fsp3) is 0.200. The van der Waals surface area contributed by atoms with E-state index in [-0.39, 0.29) is 5.57 Å². The molecule has 0 aliphatic heterocycles. The third kappa shape index (κ3) is 3.89. The molecule has 0 aromatic heterocycles. The molecule has 0 aliphatic carbocycles. The van der Waals surface area contributed by atoms with E-state index in [9.17, 15) is 4.79 Å². The largest absolute Gasteiger partial charge is 0.497 e. The van der Waals surface area contributed by atoms with Crippen LogP contribution in [0, 0.1) is 11.3 Å². The Labute approximate surface area is 117 Å². The molecule has 0 spiro atoms. The number of rotatable bonds is 5. The highest BCUT2D eigenvalue weighted by molar-refractivity contribution is 5.93. The number of carbonyl (C=O) groups excluding carboxylic acids is 1. The number of ether oxygens (including phenoxy) is 3. The van der Waals surface area contributed by atoms with Crippen molar-refractivity contribution in [2.24, 2.45) is 0 Å². The van der Waals surface area contributed by atoms with Crippen LogP contribution >= 0.6 is 0 Å². The molecule has 5 nitrogen and oxygen atoms in total. The predicted molar refractivity (Wildman–Crippen MR) is 74.3 cm³/mol. The zero-order valence-corrected chi connectivity index (χ0v) is 11.5. The number of carbonyl (C=O) groups is 1. The number of allylic oxidation sites excluding steroid dienone is 2. The molecule has 0 fully saturated rings. The summed E-state index contributed by atoms with van der Waals surface area (Å²) in [6, 6.07) is 7.11. The number of hydrogen-bond donors (Lipinski definition) is 0. The molecule has 1 aromatic rings. The monoisotopic (exact) mass is 273 g/mol. The molecule has 0 N–H and O–H groups in total. The third-order valence-electron chi connectivity index (χ3n) is 2.50. The number of hydrogen-bond acceptors (Lipinski definition) is 5. The standard InChI is InChI=1S/C15H15NO4/c1-18-13-7-8-14(19-2)11(9-13)5-4-6-12(10-16)15(17)20-3/h4-9H,1-3H3. The molecule has 5 heteroatoms. The second-order valence-electron chi connectivity index (χ2n) is 3.65. The van der Waals surface area contributed by atoms with Crippen molar-refractivity contribution in [3.8, 4) is 17.6 Å². The SMILES string of the molecule is COC(=O)C(C#N)=CC=Cc1cc(OC)ccc1OC. The fourth-order valence-electron chi connectivity index (χ4n) is 1.48. The summed E-state index contributed by atoms with van der Waals surface area (Å²) in [5.41, 5.74) is 0.691. The van der Waals surface area contributed by atoms with Gasteiger partial charge in [0, 0.05) is 5.56 Å². The van der Waals surface area contributed by atoms with Gasteiger partial charge in [0.05, 0.1) is 21.3 Å². The fourth-order valence-corrected chi connectivity index (χ4v) is 1.48. The van der Waals surface area contributed by atoms with Gasteiger partial charge in [0.1, 0.15) is 23.1 Å². The average molecular weight is 273 g/mol. The van der Waals surface area contributed by atoms with E-state index in [1.807, 2.05) is 0 Å². The van der Waals surface area contributed by atoms with Crippen LogP contribution in [-0.4, -0.2) is 27.3 Å². The lowest BCUT2D eigenvalue weighted by atomic mass is 10.1. The lowest BCUT2D eigenvalue weighted by Crippen LogP contribution is -2.02. The van der Waals surface area contributed by atoms with Gasteiger partial charge < -0.3 is 14.2 Å². The van der Waals surface area contributed by atoms with Crippen LogP contribution in [0.4, 0.5) is 0 Å². The summed E-state index contributed by atoms with van der Waals surface area (Å²) in [5, 5.41) is 8.81. The van der Waals surface area contributed by atoms with E-state index in [1.165, 1.54) is 13.2 Å². The maximum Gasteiger partial charge on any atom is 0.348 e. The van der Waals surface area contributed by atoms with E-state index < -0.39 is 5.97 Å². The Kier molecular flexibility index (Phi) is 5.85. The highest BCUT2D eigenvalue weighted by atomic mass is 16.5. The van der Waals surface area contributed by atoms with E-state index in [0.717, 1.165) is 5.56 Å². The van der Waals surface area contributed by atoms with Gasteiger partial charge in [-0.2, -0.15) is 5.26 Å². The van der Waals surface area contributed by atoms with Crippen molar-refractivity contribution >= 4 is 12.0 Å². The van der Waals surface area contributed by atoms with Crippen molar-refractivity contribution in [3.63, 3.8) is 0 Å². The summed E-state index contributed by atoms with van der Waals surface area (Å²) < 4.78 is 14.8. The summed E-state index contributed by atoms with van der Waals surface area (Å²) in [6.07, 6.45) is 4.67. The van der Waals surface area contributed by atoms with Gasteiger partial charge in [-0.05, 0) is 24.3 Å². The van der Waals surface area contributed by atoms with Crippen LogP contribution in [0.15, 0.2) is 35.9 Å². The van der Waals surface area contributed by atoms with Gasteiger partial charge in [-0.1, -0.05) is 12.2 Å². The summed E-state index contributed by atoms with van der Waals surface area (Å²) in [6.45, 7) is 0. The molecule has 0 radical (unpaired) electrons. The molecular weight excluding hydrogens is 258 g/mol. The van der Waals surface area contributed by atoms with Crippen molar-refractivity contribution in [2.75, 3.05) is 21.3 Å². The smallest absolute Gasteiger partial charge is 0.348 e. The molecule has 0 aliphatic rings. The minimum Gasteiger partial charge on any atom is -0.497 e. The summed E-state index contributed by atoms with van der Waals surface area (Å²) in [5.74, 6) is 0.671. The Balaban J connectivity index is 3.03. The predicted octanol–water partition coefficient (Wildman–Crippen LogP) is 2.34. The van der Waals surface area contributed by atoms with Gasteiger partial charge >= 0.3 is 5.97 Å². The van der Waals surface area contributed by atoms with E-state index in [1.54, 1.807) is 50.6 Å². The Morgan fingerprint density at radius 2 is 2.00 bits per heavy atom. The van der Waals surface area contributed by atoms with Crippen molar-refractivity contribution in [1.82, 2.24) is 0 Å². The van der Waals surface area contributed by atoms with Crippen LogP contribution in [0.5, 0.6) is 11.5 Å². The molecule has 20 heavy (non-hydrogen) atoms. The summed E-state index contributed by atoms with van der Waals surface area (Å²) in [7, 11) is 4.35. The van der Waals surface area contributed by atoms with Crippen molar-refractivity contribution in [1.29, 1.82) is 5.26 Å².